The summed E-state index contributed by atoms with van der Waals surface area (Å²) in [5, 5.41) is 10.8. The number of benzene rings is 1. The molecule has 0 amide bonds. The highest BCUT2D eigenvalue weighted by Gasteiger charge is 2.44. The van der Waals surface area contributed by atoms with Gasteiger partial charge in [-0.3, -0.25) is 20.0 Å². The molecule has 3 saturated heterocycles. The van der Waals surface area contributed by atoms with Gasteiger partial charge in [-0.1, -0.05) is 6.07 Å². The van der Waals surface area contributed by atoms with Crippen molar-refractivity contribution in [1.82, 2.24) is 9.88 Å². The van der Waals surface area contributed by atoms with Crippen LogP contribution in [0.4, 0.5) is 5.69 Å². The fraction of sp³-hybridized carbons (Fsp3) is 0.400. The lowest BCUT2D eigenvalue weighted by atomic mass is 9.78. The van der Waals surface area contributed by atoms with Crippen LogP contribution < -0.4 is 0 Å². The molecule has 1 aromatic heterocycles. The maximum absolute atomic E-state index is 12.6. The number of aromatic nitrogens is 1. The zero-order valence-electron chi connectivity index (χ0n) is 14.9. The van der Waals surface area contributed by atoms with E-state index >= 15 is 0 Å². The number of nitro benzene ring substituents is 1. The largest absolute Gasteiger partial charge is 0.457 e. The molecule has 4 heterocycles. The van der Waals surface area contributed by atoms with Crippen LogP contribution >= 0.6 is 0 Å². The van der Waals surface area contributed by atoms with Crippen molar-refractivity contribution >= 4 is 11.7 Å². The fourth-order valence-corrected chi connectivity index (χ4v) is 4.19. The van der Waals surface area contributed by atoms with E-state index < -0.39 is 10.9 Å². The van der Waals surface area contributed by atoms with Gasteiger partial charge in [0, 0.05) is 24.5 Å². The van der Waals surface area contributed by atoms with Gasteiger partial charge < -0.3 is 4.74 Å². The Morgan fingerprint density at radius 3 is 2.59 bits per heavy atom. The predicted molar refractivity (Wildman–Crippen MR) is 98.3 cm³/mol. The third kappa shape index (κ3) is 3.68. The van der Waals surface area contributed by atoms with Crippen LogP contribution in [0.15, 0.2) is 48.8 Å². The number of ether oxygens (including phenoxy) is 1. The maximum Gasteiger partial charge on any atom is 0.338 e. The molecule has 0 saturated carbocycles. The van der Waals surface area contributed by atoms with E-state index in [-0.39, 0.29) is 17.8 Å². The molecular formula is C20H21N3O4. The SMILES string of the molecule is O=C(OC1C2CCN(CC2)[C@@H]1Cc1cccnc1)c1ccc([N+](=O)[O-])cc1. The topological polar surface area (TPSA) is 85.6 Å². The Hall–Kier alpha value is -2.80. The summed E-state index contributed by atoms with van der Waals surface area (Å²) < 4.78 is 5.93. The summed E-state index contributed by atoms with van der Waals surface area (Å²) in [4.78, 5) is 29.5. The summed E-state index contributed by atoms with van der Waals surface area (Å²) in [6.07, 6.45) is 6.29. The molecule has 3 aliphatic heterocycles. The zero-order valence-corrected chi connectivity index (χ0v) is 14.9. The first-order valence-corrected chi connectivity index (χ1v) is 9.20. The van der Waals surface area contributed by atoms with Crippen LogP contribution in [-0.4, -0.2) is 46.0 Å². The van der Waals surface area contributed by atoms with Gasteiger partial charge in [-0.15, -0.1) is 0 Å². The highest BCUT2D eigenvalue weighted by Crippen LogP contribution is 2.36. The highest BCUT2D eigenvalue weighted by molar-refractivity contribution is 5.89. The first-order valence-electron chi connectivity index (χ1n) is 9.20. The number of carbonyl (C=O) groups excluding carboxylic acids is 1. The number of nitro groups is 1. The van der Waals surface area contributed by atoms with E-state index in [1.54, 1.807) is 6.20 Å². The third-order valence-corrected chi connectivity index (χ3v) is 5.61. The van der Waals surface area contributed by atoms with Crippen molar-refractivity contribution in [2.45, 2.75) is 31.4 Å². The van der Waals surface area contributed by atoms with Gasteiger partial charge >= 0.3 is 5.97 Å². The van der Waals surface area contributed by atoms with E-state index in [1.807, 2.05) is 18.3 Å². The first-order chi connectivity index (χ1) is 13.1. The molecule has 0 aliphatic carbocycles. The molecular weight excluding hydrogens is 346 g/mol. The lowest BCUT2D eigenvalue weighted by Gasteiger charge is -2.50. The molecule has 2 bridgehead atoms. The number of nitrogens with zero attached hydrogens (tertiary/aromatic N) is 3. The van der Waals surface area contributed by atoms with Crippen molar-refractivity contribution in [3.63, 3.8) is 0 Å². The third-order valence-electron chi connectivity index (χ3n) is 5.61. The Morgan fingerprint density at radius 1 is 1.22 bits per heavy atom. The highest BCUT2D eigenvalue weighted by atomic mass is 16.6. The molecule has 1 aromatic carbocycles. The molecule has 2 aromatic rings. The molecule has 3 aliphatic rings. The minimum absolute atomic E-state index is 0.0381. The Kier molecular flexibility index (Phi) is 4.85. The Balaban J connectivity index is 1.51. The van der Waals surface area contributed by atoms with E-state index in [4.69, 9.17) is 4.74 Å². The number of pyridine rings is 1. The van der Waals surface area contributed by atoms with Crippen molar-refractivity contribution in [3.8, 4) is 0 Å². The van der Waals surface area contributed by atoms with Crippen molar-refractivity contribution in [1.29, 1.82) is 0 Å². The minimum atomic E-state index is -0.480. The second kappa shape index (κ2) is 7.44. The van der Waals surface area contributed by atoms with Crippen LogP contribution in [0.3, 0.4) is 0 Å². The van der Waals surface area contributed by atoms with E-state index in [0.29, 0.717) is 11.5 Å². The monoisotopic (exact) mass is 367 g/mol. The number of fused-ring (bicyclic) bond motifs is 3. The standard InChI is InChI=1S/C20H21N3O4/c24-20(16-3-5-17(6-4-16)23(25)26)27-19-15-7-10-22(11-8-15)18(19)12-14-2-1-9-21-13-14/h1-6,9,13,15,18-19H,7-8,10-12H2/t18-,19?/m1/s1. The van der Waals surface area contributed by atoms with E-state index in [2.05, 4.69) is 9.88 Å². The van der Waals surface area contributed by atoms with Crippen LogP contribution in [-0.2, 0) is 11.2 Å². The summed E-state index contributed by atoms with van der Waals surface area (Å²) in [5.74, 6) is -0.0569. The number of carbonyl (C=O) groups is 1. The average molecular weight is 367 g/mol. The normalized spacial score (nSPS) is 26.5. The lowest BCUT2D eigenvalue weighted by molar-refractivity contribution is -0.384. The average Bonchev–Trinajstić information content (AvgIpc) is 2.71. The molecule has 0 spiro atoms. The number of hydrogen-bond acceptors (Lipinski definition) is 6. The van der Waals surface area contributed by atoms with Crippen LogP contribution in [0.25, 0.3) is 0 Å². The molecule has 7 nitrogen and oxygen atoms in total. The quantitative estimate of drug-likeness (QED) is 0.459. The smallest absolute Gasteiger partial charge is 0.338 e. The van der Waals surface area contributed by atoms with Crippen LogP contribution in [0.2, 0.25) is 0 Å². The van der Waals surface area contributed by atoms with Gasteiger partial charge in [-0.25, -0.2) is 4.79 Å². The molecule has 27 heavy (non-hydrogen) atoms. The maximum atomic E-state index is 12.6. The molecule has 1 unspecified atom stereocenters. The van der Waals surface area contributed by atoms with Crippen LogP contribution in [0.5, 0.6) is 0 Å². The number of rotatable bonds is 5. The zero-order chi connectivity index (χ0) is 18.8. The van der Waals surface area contributed by atoms with Crippen molar-refractivity contribution in [3.05, 3.63) is 70.0 Å². The van der Waals surface area contributed by atoms with E-state index in [1.165, 1.54) is 24.3 Å². The van der Waals surface area contributed by atoms with Crippen molar-refractivity contribution < 1.29 is 14.5 Å². The van der Waals surface area contributed by atoms with Gasteiger partial charge in [0.25, 0.3) is 5.69 Å². The molecule has 0 N–H and O–H groups in total. The molecule has 2 atom stereocenters. The van der Waals surface area contributed by atoms with Gasteiger partial charge in [-0.2, -0.15) is 0 Å². The Labute approximate surface area is 157 Å². The summed E-state index contributed by atoms with van der Waals surface area (Å²) in [5.41, 5.74) is 1.44. The molecule has 140 valence electrons. The first kappa shape index (κ1) is 17.6. The van der Waals surface area contributed by atoms with Crippen molar-refractivity contribution in [2.24, 2.45) is 5.92 Å². The number of hydrogen-bond donors (Lipinski definition) is 0. The second-order valence-corrected chi connectivity index (χ2v) is 7.18. The summed E-state index contributed by atoms with van der Waals surface area (Å²) in [6.45, 7) is 2.06. The van der Waals surface area contributed by atoms with E-state index in [9.17, 15) is 14.9 Å². The molecule has 0 radical (unpaired) electrons. The van der Waals surface area contributed by atoms with Gasteiger partial charge in [0.05, 0.1) is 16.5 Å². The van der Waals surface area contributed by atoms with E-state index in [0.717, 1.165) is 37.9 Å². The Bertz CT molecular complexity index is 817. The summed E-state index contributed by atoms with van der Waals surface area (Å²) in [7, 11) is 0. The van der Waals surface area contributed by atoms with Gasteiger partial charge in [0.15, 0.2) is 0 Å². The summed E-state index contributed by atoms with van der Waals surface area (Å²) >= 11 is 0. The molecule has 5 rings (SSSR count). The molecule has 3 fully saturated rings. The van der Waals surface area contributed by atoms with Gasteiger partial charge in [0.2, 0.25) is 0 Å². The minimum Gasteiger partial charge on any atom is -0.457 e. The van der Waals surface area contributed by atoms with Gasteiger partial charge in [0.1, 0.15) is 6.10 Å². The van der Waals surface area contributed by atoms with Crippen LogP contribution in [0, 0.1) is 16.0 Å². The Morgan fingerprint density at radius 2 is 1.96 bits per heavy atom. The fourth-order valence-electron chi connectivity index (χ4n) is 4.19. The van der Waals surface area contributed by atoms with Crippen LogP contribution in [0.1, 0.15) is 28.8 Å². The predicted octanol–water partition coefficient (Wildman–Crippen LogP) is 2.85. The van der Waals surface area contributed by atoms with Gasteiger partial charge in [-0.05, 0) is 62.0 Å². The number of non-ortho nitro benzene ring substituents is 1. The van der Waals surface area contributed by atoms with Crippen molar-refractivity contribution in [2.75, 3.05) is 13.1 Å². The number of piperidine rings is 3. The number of esters is 1. The lowest BCUT2D eigenvalue weighted by Crippen LogP contribution is -2.59. The second-order valence-electron chi connectivity index (χ2n) is 7.18. The molecule has 7 heteroatoms. The summed E-state index contributed by atoms with van der Waals surface area (Å²) in [6, 6.07) is 9.69.